The molecule has 6 aromatic carbocycles. The Morgan fingerprint density at radius 1 is 0.389 bits per heavy atom. The van der Waals surface area contributed by atoms with Gasteiger partial charge in [-0.1, -0.05) is 107 Å². The molecular weight excluding hydrogens is 502 g/mol. The molecule has 170 valence electrons. The monoisotopic (exact) mass is 523 g/mol. The van der Waals surface area contributed by atoms with Gasteiger partial charge in [-0.05, 0) is 91.7 Å². The Kier molecular flexibility index (Phi) is 5.00. The van der Waals surface area contributed by atoms with Crippen LogP contribution in [0.2, 0.25) is 0 Å². The fraction of sp³-hybridized carbons (Fsp3) is 0. The zero-order valence-electron chi connectivity index (χ0n) is 19.5. The maximum absolute atomic E-state index is 3.49. The third-order valence-corrected chi connectivity index (χ3v) is 7.62. The van der Waals surface area contributed by atoms with Crippen molar-refractivity contribution in [3.8, 4) is 44.5 Å². The molecule has 1 aliphatic carbocycles. The van der Waals surface area contributed by atoms with Crippen LogP contribution in [-0.2, 0) is 0 Å². The Morgan fingerprint density at radius 2 is 0.889 bits per heavy atom. The molecule has 1 nitrogen and oxygen atoms in total. The van der Waals surface area contributed by atoms with E-state index in [1.807, 2.05) is 12.1 Å². The van der Waals surface area contributed by atoms with Gasteiger partial charge in [0.05, 0.1) is 0 Å². The molecule has 0 unspecified atom stereocenters. The van der Waals surface area contributed by atoms with Gasteiger partial charge in [0.1, 0.15) is 0 Å². The van der Waals surface area contributed by atoms with Crippen LogP contribution < -0.4 is 5.32 Å². The van der Waals surface area contributed by atoms with Gasteiger partial charge in [-0.25, -0.2) is 0 Å². The highest BCUT2D eigenvalue weighted by Gasteiger charge is 2.21. The molecule has 6 aromatic rings. The van der Waals surface area contributed by atoms with Crippen molar-refractivity contribution < 1.29 is 0 Å². The fourth-order valence-electron chi connectivity index (χ4n) is 5.35. The van der Waals surface area contributed by atoms with Crippen molar-refractivity contribution in [1.82, 2.24) is 0 Å². The number of fused-ring (bicyclic) bond motifs is 3. The summed E-state index contributed by atoms with van der Waals surface area (Å²) in [5.41, 5.74) is 12.5. The largest absolute Gasteiger partial charge is 0.356 e. The molecule has 0 aliphatic heterocycles. The van der Waals surface area contributed by atoms with E-state index in [1.54, 1.807) is 0 Å². The highest BCUT2D eigenvalue weighted by atomic mass is 79.9. The summed E-state index contributed by atoms with van der Waals surface area (Å²) in [5, 5.41) is 6.14. The second kappa shape index (κ2) is 8.51. The van der Waals surface area contributed by atoms with E-state index in [9.17, 15) is 0 Å². The van der Waals surface area contributed by atoms with Crippen LogP contribution >= 0.6 is 15.9 Å². The maximum atomic E-state index is 3.49. The third kappa shape index (κ3) is 3.54. The molecule has 2 heteroatoms. The maximum Gasteiger partial charge on any atom is 0.0384 e. The molecule has 0 atom stereocenters. The standard InChI is InChI=1S/C34H22BrN/c35-25-14-18-27(19-15-25)36-26-16-12-23(13-17-26)22-8-10-24(11-9-22)28-20-21-33-30-5-2-1-4-29(30)32-7-3-6-31(28)34(32)33/h1-21,36H. The Hall–Kier alpha value is -4.14. The predicted octanol–water partition coefficient (Wildman–Crippen LogP) is 10.3. The summed E-state index contributed by atoms with van der Waals surface area (Å²) in [6, 6.07) is 45.8. The Bertz CT molecular complexity index is 1700. The SMILES string of the molecule is Brc1ccc(Nc2ccc(-c3ccc(-c4ccc5c6c(cccc46)-c4ccccc4-5)cc3)cc2)cc1. The summed E-state index contributed by atoms with van der Waals surface area (Å²) in [7, 11) is 0. The minimum Gasteiger partial charge on any atom is -0.356 e. The number of hydrogen-bond acceptors (Lipinski definition) is 1. The Labute approximate surface area is 219 Å². The summed E-state index contributed by atoms with van der Waals surface area (Å²) in [6.45, 7) is 0. The van der Waals surface area contributed by atoms with E-state index in [-0.39, 0.29) is 0 Å². The summed E-state index contributed by atoms with van der Waals surface area (Å²) in [4.78, 5) is 0. The van der Waals surface area contributed by atoms with Crippen LogP contribution in [0.3, 0.4) is 0 Å². The van der Waals surface area contributed by atoms with Crippen LogP contribution in [0.25, 0.3) is 55.3 Å². The van der Waals surface area contributed by atoms with Gasteiger partial charge in [-0.15, -0.1) is 0 Å². The summed E-state index contributed by atoms with van der Waals surface area (Å²) in [6.07, 6.45) is 0. The third-order valence-electron chi connectivity index (χ3n) is 7.10. The van der Waals surface area contributed by atoms with Gasteiger partial charge < -0.3 is 5.32 Å². The van der Waals surface area contributed by atoms with Gasteiger partial charge in [0.25, 0.3) is 0 Å². The molecule has 0 amide bonds. The number of hydrogen-bond donors (Lipinski definition) is 1. The van der Waals surface area contributed by atoms with Crippen molar-refractivity contribution in [1.29, 1.82) is 0 Å². The molecule has 0 saturated carbocycles. The molecule has 1 aliphatic rings. The zero-order chi connectivity index (χ0) is 24.1. The number of benzene rings is 6. The Morgan fingerprint density at radius 3 is 1.56 bits per heavy atom. The van der Waals surface area contributed by atoms with Crippen molar-refractivity contribution in [2.45, 2.75) is 0 Å². The minimum atomic E-state index is 1.07. The van der Waals surface area contributed by atoms with Crippen LogP contribution in [0.15, 0.2) is 132 Å². The molecule has 36 heavy (non-hydrogen) atoms. The van der Waals surface area contributed by atoms with Gasteiger partial charge >= 0.3 is 0 Å². The van der Waals surface area contributed by atoms with Gasteiger partial charge in [-0.2, -0.15) is 0 Å². The topological polar surface area (TPSA) is 12.0 Å². The van der Waals surface area contributed by atoms with Crippen LogP contribution in [-0.4, -0.2) is 0 Å². The van der Waals surface area contributed by atoms with Gasteiger partial charge in [0.2, 0.25) is 0 Å². The summed E-state index contributed by atoms with van der Waals surface area (Å²) >= 11 is 3.49. The molecule has 7 rings (SSSR count). The van der Waals surface area contributed by atoms with Gasteiger partial charge in [0.15, 0.2) is 0 Å². The first-order valence-electron chi connectivity index (χ1n) is 12.1. The second-order valence-corrected chi connectivity index (χ2v) is 10.1. The van der Waals surface area contributed by atoms with Crippen LogP contribution in [0, 0.1) is 0 Å². The lowest BCUT2D eigenvalue weighted by atomic mass is 9.93. The first-order valence-corrected chi connectivity index (χ1v) is 12.9. The molecule has 1 N–H and O–H groups in total. The quantitative estimate of drug-likeness (QED) is 0.242. The van der Waals surface area contributed by atoms with Gasteiger partial charge in [0, 0.05) is 15.8 Å². The zero-order valence-corrected chi connectivity index (χ0v) is 21.1. The van der Waals surface area contributed by atoms with E-state index < -0.39 is 0 Å². The number of rotatable bonds is 4. The molecule has 0 bridgehead atoms. The highest BCUT2D eigenvalue weighted by Crippen LogP contribution is 2.49. The fourth-order valence-corrected chi connectivity index (χ4v) is 5.61. The Balaban J connectivity index is 1.19. The van der Waals surface area contributed by atoms with E-state index in [0.29, 0.717) is 0 Å². The van der Waals surface area contributed by atoms with E-state index in [2.05, 4.69) is 137 Å². The number of halogens is 1. The van der Waals surface area contributed by atoms with Crippen molar-refractivity contribution >= 4 is 38.1 Å². The molecule has 0 heterocycles. The number of anilines is 2. The van der Waals surface area contributed by atoms with E-state index in [4.69, 9.17) is 0 Å². The summed E-state index contributed by atoms with van der Waals surface area (Å²) < 4.78 is 1.08. The first-order chi connectivity index (χ1) is 17.7. The van der Waals surface area contributed by atoms with Crippen LogP contribution in [0.1, 0.15) is 0 Å². The van der Waals surface area contributed by atoms with Crippen LogP contribution in [0.4, 0.5) is 11.4 Å². The lowest BCUT2D eigenvalue weighted by Crippen LogP contribution is -1.89. The minimum absolute atomic E-state index is 1.07. The average Bonchev–Trinajstić information content (AvgIpc) is 3.26. The molecule has 0 radical (unpaired) electrons. The molecule has 0 spiro atoms. The lowest BCUT2D eigenvalue weighted by Gasteiger charge is -2.11. The van der Waals surface area contributed by atoms with Crippen molar-refractivity contribution in [2.75, 3.05) is 5.32 Å². The second-order valence-electron chi connectivity index (χ2n) is 9.22. The average molecular weight is 524 g/mol. The van der Waals surface area contributed by atoms with E-state index in [0.717, 1.165) is 15.8 Å². The molecule has 0 aromatic heterocycles. The van der Waals surface area contributed by atoms with Gasteiger partial charge in [-0.3, -0.25) is 0 Å². The number of nitrogens with one attached hydrogen (secondary N) is 1. The first kappa shape index (κ1) is 21.2. The normalized spacial score (nSPS) is 11.5. The lowest BCUT2D eigenvalue weighted by molar-refractivity contribution is 1.53. The van der Waals surface area contributed by atoms with Crippen molar-refractivity contribution in [3.05, 3.63) is 132 Å². The van der Waals surface area contributed by atoms with Crippen molar-refractivity contribution in [2.24, 2.45) is 0 Å². The van der Waals surface area contributed by atoms with Crippen molar-refractivity contribution in [3.63, 3.8) is 0 Å². The molecule has 0 fully saturated rings. The highest BCUT2D eigenvalue weighted by molar-refractivity contribution is 9.10. The van der Waals surface area contributed by atoms with Crippen LogP contribution in [0.5, 0.6) is 0 Å². The summed E-state index contributed by atoms with van der Waals surface area (Å²) in [5.74, 6) is 0. The molecule has 0 saturated heterocycles. The van der Waals surface area contributed by atoms with E-state index in [1.165, 1.54) is 55.3 Å². The van der Waals surface area contributed by atoms with E-state index >= 15 is 0 Å². The predicted molar refractivity (Wildman–Crippen MR) is 157 cm³/mol. The smallest absolute Gasteiger partial charge is 0.0384 e. The molecular formula is C34H22BrN.